The Morgan fingerprint density at radius 2 is 1.60 bits per heavy atom. The van der Waals surface area contributed by atoms with Gasteiger partial charge in [0.15, 0.2) is 0 Å². The van der Waals surface area contributed by atoms with Crippen LogP contribution in [0.15, 0.2) is 18.2 Å². The number of nitrogen functional groups attached to an aromatic ring is 1. The second-order valence-electron chi connectivity index (χ2n) is 10.0. The Hall–Kier alpha value is -5.10. The molecule has 21 heteroatoms. The maximum atomic E-state index is 15.8. The Kier molecular flexibility index (Phi) is 9.82. The lowest BCUT2D eigenvalue weighted by Crippen LogP contribution is -2.54. The molecule has 2 aliphatic rings. The summed E-state index contributed by atoms with van der Waals surface area (Å²) in [5.74, 6) is -8.31. The molecule has 0 bridgehead atoms. The fraction of sp³-hybridized carbons (Fsp3) is 0.296. The van der Waals surface area contributed by atoms with Crippen LogP contribution in [-0.2, 0) is 16.1 Å². The number of nitriles is 1. The number of aryl methyl sites for hydroxylation is 1. The molecule has 1 atom stereocenters. The van der Waals surface area contributed by atoms with Gasteiger partial charge in [0.2, 0.25) is 5.95 Å². The molecule has 2 aromatic carbocycles. The quantitative estimate of drug-likeness (QED) is 0.201. The van der Waals surface area contributed by atoms with Gasteiger partial charge in [-0.15, -0.1) is 16.4 Å². The molecule has 11 nitrogen and oxygen atoms in total. The number of benzene rings is 2. The molecule has 0 unspecified atom stereocenters. The minimum Gasteiger partial charge on any atom is -0.475 e. The summed E-state index contributed by atoms with van der Waals surface area (Å²) >= 11 is 0.874. The topological polar surface area (TPSA) is 175 Å². The van der Waals surface area contributed by atoms with Crippen LogP contribution in [0.5, 0.6) is 0 Å². The van der Waals surface area contributed by atoms with E-state index < -0.39 is 41.9 Å². The largest absolute Gasteiger partial charge is 0.490 e. The number of carboxylic acids is 2. The maximum Gasteiger partial charge on any atom is 0.490 e. The predicted molar refractivity (Wildman–Crippen MR) is 149 cm³/mol. The van der Waals surface area contributed by atoms with Gasteiger partial charge in [-0.3, -0.25) is 9.48 Å². The van der Waals surface area contributed by atoms with Crippen LogP contribution >= 0.6 is 11.3 Å². The number of carbonyl (C=O) groups is 3. The van der Waals surface area contributed by atoms with Gasteiger partial charge >= 0.3 is 24.3 Å². The Morgan fingerprint density at radius 3 is 2.17 bits per heavy atom. The van der Waals surface area contributed by atoms with E-state index in [1.807, 2.05) is 6.07 Å². The second-order valence-corrected chi connectivity index (χ2v) is 11.1. The number of nitrogens with one attached hydrogen (secondary N) is 1. The number of aliphatic carboxylic acids is 2. The van der Waals surface area contributed by atoms with E-state index in [1.54, 1.807) is 4.90 Å². The zero-order valence-electron chi connectivity index (χ0n) is 23.6. The monoisotopic (exact) mass is 710 g/mol. The van der Waals surface area contributed by atoms with E-state index in [9.17, 15) is 40.8 Å². The highest BCUT2D eigenvalue weighted by atomic mass is 32.1. The van der Waals surface area contributed by atoms with E-state index in [0.29, 0.717) is 32.6 Å². The molecule has 4 aromatic rings. The molecule has 1 fully saturated rings. The second kappa shape index (κ2) is 13.2. The Balaban J connectivity index is 0.000000314. The van der Waals surface area contributed by atoms with Gasteiger partial charge in [-0.25, -0.2) is 18.4 Å². The Labute approximate surface area is 265 Å². The molecule has 1 amide bonds. The van der Waals surface area contributed by atoms with E-state index in [1.165, 1.54) is 10.7 Å². The van der Waals surface area contributed by atoms with E-state index >= 15 is 8.78 Å². The molecule has 5 N–H and O–H groups in total. The number of fused-ring (bicyclic) bond motifs is 2. The number of piperazine rings is 1. The van der Waals surface area contributed by atoms with Gasteiger partial charge in [0.1, 0.15) is 22.7 Å². The molecule has 4 heterocycles. The number of halogens is 9. The third-order valence-corrected chi connectivity index (χ3v) is 8.15. The van der Waals surface area contributed by atoms with Gasteiger partial charge in [0, 0.05) is 43.2 Å². The van der Waals surface area contributed by atoms with Crippen molar-refractivity contribution in [1.82, 2.24) is 20.0 Å². The van der Waals surface area contributed by atoms with Gasteiger partial charge in [-0.05, 0) is 24.1 Å². The minimum atomic E-state index is -5.08. The number of alkyl halides is 6. The average Bonchev–Trinajstić information content (AvgIpc) is 3.51. The van der Waals surface area contributed by atoms with Gasteiger partial charge in [-0.1, -0.05) is 6.07 Å². The maximum absolute atomic E-state index is 15.8. The normalized spacial score (nSPS) is 16.1. The number of carbonyl (C=O) groups excluding carboxylic acids is 1. The van der Waals surface area contributed by atoms with E-state index in [4.69, 9.17) is 25.5 Å². The summed E-state index contributed by atoms with van der Waals surface area (Å²) in [6.07, 6.45) is -9.61. The summed E-state index contributed by atoms with van der Waals surface area (Å²) in [5.41, 5.74) is 6.10. The fourth-order valence-electron chi connectivity index (χ4n) is 5.12. The van der Waals surface area contributed by atoms with Crippen molar-refractivity contribution in [3.8, 4) is 17.2 Å². The van der Waals surface area contributed by atoms with Crippen LogP contribution in [0.25, 0.3) is 32.1 Å². The summed E-state index contributed by atoms with van der Waals surface area (Å²) in [7, 11) is 0. The first-order valence-electron chi connectivity index (χ1n) is 13.2. The first-order chi connectivity index (χ1) is 22.3. The van der Waals surface area contributed by atoms with Gasteiger partial charge < -0.3 is 26.2 Å². The molecule has 256 valence electrons. The van der Waals surface area contributed by atoms with Gasteiger partial charge in [-0.2, -0.15) is 36.0 Å². The number of hydrogen-bond acceptors (Lipinski definition) is 8. The van der Waals surface area contributed by atoms with E-state index in [0.717, 1.165) is 23.5 Å². The first kappa shape index (κ1) is 35.7. The van der Waals surface area contributed by atoms with Crippen molar-refractivity contribution in [1.29, 1.82) is 5.26 Å². The van der Waals surface area contributed by atoms with Crippen LogP contribution in [0.3, 0.4) is 0 Å². The highest BCUT2D eigenvalue weighted by Gasteiger charge is 2.39. The number of anilines is 1. The van der Waals surface area contributed by atoms with Crippen LogP contribution in [0, 0.1) is 28.9 Å². The molecule has 6 rings (SSSR count). The standard InChI is InChI=1S/C23H17F3N6OS.2C2HF3O2/c24-14-2-1-11(16-13(8-27)22(28)34-20(14)16)17-15(25)7-12-19-18(17)21(26)30-32(19)5-3-10-9-29-4-6-31(10)23(12)33;2*3-2(4,5)1(6)7/h1-2,7,10,29H,3-6,9,28H2;2*(H,6,7)/t10-;;/m1../s1. The number of rotatable bonds is 1. The summed E-state index contributed by atoms with van der Waals surface area (Å²) in [6, 6.07) is 5.38. The molecule has 0 aliphatic carbocycles. The molecular weight excluding hydrogens is 691 g/mol. The highest BCUT2D eigenvalue weighted by Crippen LogP contribution is 2.45. The average molecular weight is 711 g/mol. The third-order valence-electron chi connectivity index (χ3n) is 7.12. The highest BCUT2D eigenvalue weighted by molar-refractivity contribution is 7.23. The number of amides is 1. The van der Waals surface area contributed by atoms with Crippen molar-refractivity contribution >= 4 is 55.2 Å². The lowest BCUT2D eigenvalue weighted by molar-refractivity contribution is -0.193. The molecule has 0 spiro atoms. The SMILES string of the molecule is N#Cc1c(N)sc2c(F)ccc(-c3c(F)cc4c5c3c(F)nn5CC[C@@H]3CNCCN3C4=O)c12.O=C(O)C(F)(F)F.O=C(O)C(F)(F)F. The number of hydrogen-bond donors (Lipinski definition) is 4. The van der Waals surface area contributed by atoms with Crippen molar-refractivity contribution < 1.29 is 64.1 Å². The van der Waals surface area contributed by atoms with Crippen molar-refractivity contribution in [2.75, 3.05) is 25.4 Å². The molecule has 1 saturated heterocycles. The number of aromatic nitrogens is 2. The molecule has 0 saturated carbocycles. The molecule has 48 heavy (non-hydrogen) atoms. The smallest absolute Gasteiger partial charge is 0.475 e. The van der Waals surface area contributed by atoms with Gasteiger partial charge in [0.25, 0.3) is 5.91 Å². The predicted octanol–water partition coefficient (Wildman–Crippen LogP) is 4.87. The molecule has 0 radical (unpaired) electrons. The van der Waals surface area contributed by atoms with Crippen molar-refractivity contribution in [3.05, 3.63) is 46.9 Å². The summed E-state index contributed by atoms with van der Waals surface area (Å²) < 4.78 is 111. The fourth-order valence-corrected chi connectivity index (χ4v) is 6.07. The summed E-state index contributed by atoms with van der Waals surface area (Å²) in [5, 5.41) is 31.2. The lowest BCUT2D eigenvalue weighted by atomic mass is 9.93. The first-order valence-corrected chi connectivity index (χ1v) is 14.0. The molecule has 2 aromatic heterocycles. The van der Waals surface area contributed by atoms with Crippen molar-refractivity contribution in [2.45, 2.75) is 31.4 Å². The zero-order valence-corrected chi connectivity index (χ0v) is 24.5. The molecular formula is C27H19F9N6O5S. The number of thiophene rings is 1. The van der Waals surface area contributed by atoms with Crippen LogP contribution in [-0.4, -0.2) is 80.8 Å². The Bertz CT molecular complexity index is 1960. The van der Waals surface area contributed by atoms with E-state index in [-0.39, 0.29) is 60.2 Å². The van der Waals surface area contributed by atoms with Crippen LogP contribution in [0.4, 0.5) is 44.5 Å². The Morgan fingerprint density at radius 1 is 1.00 bits per heavy atom. The van der Waals surface area contributed by atoms with Crippen LogP contribution in [0.1, 0.15) is 22.3 Å². The van der Waals surface area contributed by atoms with Crippen molar-refractivity contribution in [2.24, 2.45) is 0 Å². The number of nitrogens with two attached hydrogens (primary N) is 1. The summed E-state index contributed by atoms with van der Waals surface area (Å²) in [6.45, 7) is 2.01. The number of carboxylic acid groups (broad SMARTS) is 2. The number of nitrogens with zero attached hydrogens (tertiary/aromatic N) is 4. The molecule has 2 aliphatic heterocycles. The summed E-state index contributed by atoms with van der Waals surface area (Å²) in [4.78, 5) is 32.9. The minimum absolute atomic E-state index is 0.000206. The van der Waals surface area contributed by atoms with Gasteiger partial charge in [0.05, 0.1) is 26.7 Å². The third kappa shape index (κ3) is 6.79. The zero-order chi connectivity index (χ0) is 35.9. The van der Waals surface area contributed by atoms with Crippen LogP contribution < -0.4 is 11.1 Å². The van der Waals surface area contributed by atoms with E-state index in [2.05, 4.69) is 10.4 Å². The van der Waals surface area contributed by atoms with Crippen LogP contribution in [0.2, 0.25) is 0 Å². The lowest BCUT2D eigenvalue weighted by Gasteiger charge is -2.37. The van der Waals surface area contributed by atoms with Crippen molar-refractivity contribution in [3.63, 3.8) is 0 Å².